The second kappa shape index (κ2) is 6.41. The molecule has 3 rings (SSSR count). The van der Waals surface area contributed by atoms with E-state index >= 15 is 0 Å². The molecule has 1 saturated carbocycles. The van der Waals surface area contributed by atoms with Gasteiger partial charge in [-0.15, -0.1) is 0 Å². The van der Waals surface area contributed by atoms with E-state index in [1.165, 1.54) is 32.1 Å². The lowest BCUT2D eigenvalue weighted by Crippen LogP contribution is -2.29. The van der Waals surface area contributed by atoms with Crippen LogP contribution >= 0.6 is 0 Å². The Morgan fingerprint density at radius 2 is 1.86 bits per heavy atom. The maximum atomic E-state index is 12.5. The van der Waals surface area contributed by atoms with Crippen molar-refractivity contribution in [1.82, 2.24) is 14.9 Å². The molecule has 1 N–H and O–H groups in total. The highest BCUT2D eigenvalue weighted by molar-refractivity contribution is 5.92. The Labute approximate surface area is 126 Å². The van der Waals surface area contributed by atoms with E-state index in [2.05, 4.69) is 15.3 Å². The lowest BCUT2D eigenvalue weighted by atomic mass is 9.96. The van der Waals surface area contributed by atoms with Gasteiger partial charge in [0, 0.05) is 24.8 Å². The first-order chi connectivity index (χ1) is 10.2. The number of likely N-dealkylation sites (tertiary alicyclic amines) is 1. The number of nitrogens with one attached hydrogen (secondary N) is 1. The fourth-order valence-corrected chi connectivity index (χ4v) is 3.25. The molecule has 5 nitrogen and oxygen atoms in total. The zero-order valence-electron chi connectivity index (χ0n) is 12.8. The summed E-state index contributed by atoms with van der Waals surface area (Å²) in [6.45, 7) is 3.63. The van der Waals surface area contributed by atoms with Gasteiger partial charge in [0.1, 0.15) is 5.69 Å². The minimum Gasteiger partial charge on any atom is -0.351 e. The quantitative estimate of drug-likeness (QED) is 0.929. The Kier molecular flexibility index (Phi) is 4.36. The number of anilines is 1. The molecule has 0 bridgehead atoms. The number of carbonyl (C=O) groups excluding carboxylic acids is 1. The molecule has 1 aromatic heterocycles. The van der Waals surface area contributed by atoms with Crippen LogP contribution in [0.1, 0.15) is 61.1 Å². The van der Waals surface area contributed by atoms with Crippen LogP contribution in [0.2, 0.25) is 0 Å². The summed E-state index contributed by atoms with van der Waals surface area (Å²) in [6.07, 6.45) is 8.41. The Balaban J connectivity index is 1.73. The van der Waals surface area contributed by atoms with Crippen LogP contribution < -0.4 is 5.32 Å². The van der Waals surface area contributed by atoms with E-state index in [0.717, 1.165) is 31.6 Å². The van der Waals surface area contributed by atoms with Gasteiger partial charge in [-0.25, -0.2) is 9.97 Å². The van der Waals surface area contributed by atoms with Gasteiger partial charge in [0.15, 0.2) is 0 Å². The third-order valence-corrected chi connectivity index (χ3v) is 4.41. The fourth-order valence-electron chi connectivity index (χ4n) is 3.25. The summed E-state index contributed by atoms with van der Waals surface area (Å²) >= 11 is 0. The number of hydrogen-bond acceptors (Lipinski definition) is 4. The Bertz CT molecular complexity index is 505. The van der Waals surface area contributed by atoms with E-state index < -0.39 is 0 Å². The summed E-state index contributed by atoms with van der Waals surface area (Å²) in [5, 5.41) is 3.41. The predicted octanol–water partition coefficient (Wildman–Crippen LogP) is 2.77. The smallest absolute Gasteiger partial charge is 0.272 e. The van der Waals surface area contributed by atoms with E-state index in [1.54, 1.807) is 6.07 Å². The van der Waals surface area contributed by atoms with Crippen molar-refractivity contribution in [2.45, 2.75) is 57.9 Å². The molecule has 0 atom stereocenters. The highest BCUT2D eigenvalue weighted by Crippen LogP contribution is 2.21. The number of carbonyl (C=O) groups is 1. The average molecular weight is 288 g/mol. The van der Waals surface area contributed by atoms with Gasteiger partial charge >= 0.3 is 0 Å². The average Bonchev–Trinajstić information content (AvgIpc) is 3.01. The van der Waals surface area contributed by atoms with Crippen LogP contribution in [0.3, 0.4) is 0 Å². The van der Waals surface area contributed by atoms with E-state index in [9.17, 15) is 4.79 Å². The monoisotopic (exact) mass is 288 g/mol. The number of rotatable bonds is 3. The third kappa shape index (κ3) is 3.52. The van der Waals surface area contributed by atoms with Gasteiger partial charge in [-0.1, -0.05) is 19.3 Å². The summed E-state index contributed by atoms with van der Waals surface area (Å²) in [4.78, 5) is 23.2. The normalized spacial score (nSPS) is 19.8. The topological polar surface area (TPSA) is 58.1 Å². The molecule has 0 aromatic carbocycles. The van der Waals surface area contributed by atoms with Gasteiger partial charge in [0.2, 0.25) is 5.95 Å². The standard InChI is InChI=1S/C16H24N4O/c1-12-11-14(15(21)20-9-5-6-10-20)19-16(17-12)18-13-7-3-2-4-8-13/h11,13H,2-10H2,1H3,(H,17,18,19). The first-order valence-electron chi connectivity index (χ1n) is 8.14. The van der Waals surface area contributed by atoms with E-state index in [4.69, 9.17) is 0 Å². The van der Waals surface area contributed by atoms with Crippen LogP contribution in [0, 0.1) is 6.92 Å². The molecule has 2 heterocycles. The number of nitrogens with zero attached hydrogens (tertiary/aromatic N) is 3. The number of amides is 1. The molecule has 1 aliphatic carbocycles. The summed E-state index contributed by atoms with van der Waals surface area (Å²) in [6, 6.07) is 2.25. The predicted molar refractivity (Wildman–Crippen MR) is 82.4 cm³/mol. The first kappa shape index (κ1) is 14.3. The van der Waals surface area contributed by atoms with Crippen LogP contribution in [0.4, 0.5) is 5.95 Å². The molecule has 2 aliphatic rings. The molecule has 1 aromatic rings. The van der Waals surface area contributed by atoms with E-state index in [0.29, 0.717) is 17.7 Å². The number of aryl methyl sites for hydroxylation is 1. The third-order valence-electron chi connectivity index (χ3n) is 4.41. The molecule has 1 amide bonds. The SMILES string of the molecule is Cc1cc(C(=O)N2CCCC2)nc(NC2CCCCC2)n1. The molecule has 0 unspecified atom stereocenters. The van der Waals surface area contributed by atoms with Crippen molar-refractivity contribution in [1.29, 1.82) is 0 Å². The van der Waals surface area contributed by atoms with Crippen LogP contribution in [-0.4, -0.2) is 39.9 Å². The largest absolute Gasteiger partial charge is 0.351 e. The maximum absolute atomic E-state index is 12.5. The Morgan fingerprint density at radius 3 is 2.57 bits per heavy atom. The van der Waals surface area contributed by atoms with Gasteiger partial charge in [-0.3, -0.25) is 4.79 Å². The van der Waals surface area contributed by atoms with Crippen molar-refractivity contribution in [3.05, 3.63) is 17.5 Å². The van der Waals surface area contributed by atoms with Crippen LogP contribution in [0.5, 0.6) is 0 Å². The molecule has 1 aliphatic heterocycles. The number of aromatic nitrogens is 2. The fraction of sp³-hybridized carbons (Fsp3) is 0.688. The molecule has 0 spiro atoms. The lowest BCUT2D eigenvalue weighted by molar-refractivity contribution is 0.0787. The van der Waals surface area contributed by atoms with Gasteiger partial charge in [0.05, 0.1) is 0 Å². The summed E-state index contributed by atoms with van der Waals surface area (Å²) in [5.41, 5.74) is 1.38. The molecule has 1 saturated heterocycles. The molecule has 2 fully saturated rings. The molecule has 114 valence electrons. The Morgan fingerprint density at radius 1 is 1.14 bits per heavy atom. The van der Waals surface area contributed by atoms with Gasteiger partial charge in [0.25, 0.3) is 5.91 Å². The van der Waals surface area contributed by atoms with Crippen molar-refractivity contribution < 1.29 is 4.79 Å². The van der Waals surface area contributed by atoms with Crippen molar-refractivity contribution in [2.24, 2.45) is 0 Å². The Hall–Kier alpha value is -1.65. The number of hydrogen-bond donors (Lipinski definition) is 1. The second-order valence-corrected chi connectivity index (χ2v) is 6.20. The van der Waals surface area contributed by atoms with Crippen LogP contribution in [0.25, 0.3) is 0 Å². The highest BCUT2D eigenvalue weighted by Gasteiger charge is 2.22. The van der Waals surface area contributed by atoms with Gasteiger partial charge in [-0.2, -0.15) is 0 Å². The minimum atomic E-state index is 0.0460. The summed E-state index contributed by atoms with van der Waals surface area (Å²) < 4.78 is 0. The van der Waals surface area contributed by atoms with Crippen molar-refractivity contribution >= 4 is 11.9 Å². The van der Waals surface area contributed by atoms with Crippen molar-refractivity contribution in [2.75, 3.05) is 18.4 Å². The van der Waals surface area contributed by atoms with Gasteiger partial charge < -0.3 is 10.2 Å². The van der Waals surface area contributed by atoms with E-state index in [-0.39, 0.29) is 5.91 Å². The van der Waals surface area contributed by atoms with E-state index in [1.807, 2.05) is 11.8 Å². The van der Waals surface area contributed by atoms with Gasteiger partial charge in [-0.05, 0) is 38.7 Å². The zero-order chi connectivity index (χ0) is 14.7. The minimum absolute atomic E-state index is 0.0460. The molecule has 21 heavy (non-hydrogen) atoms. The molecular weight excluding hydrogens is 264 g/mol. The summed E-state index contributed by atoms with van der Waals surface area (Å²) in [7, 11) is 0. The highest BCUT2D eigenvalue weighted by atomic mass is 16.2. The molecular formula is C16H24N4O. The first-order valence-corrected chi connectivity index (χ1v) is 8.14. The summed E-state index contributed by atoms with van der Waals surface area (Å²) in [5.74, 6) is 0.661. The van der Waals surface area contributed by atoms with Crippen molar-refractivity contribution in [3.63, 3.8) is 0 Å². The molecule has 0 radical (unpaired) electrons. The zero-order valence-corrected chi connectivity index (χ0v) is 12.8. The molecule has 5 heteroatoms. The van der Waals surface area contributed by atoms with Crippen LogP contribution in [0.15, 0.2) is 6.07 Å². The second-order valence-electron chi connectivity index (χ2n) is 6.20. The van der Waals surface area contributed by atoms with Crippen LogP contribution in [-0.2, 0) is 0 Å². The van der Waals surface area contributed by atoms with Crippen molar-refractivity contribution in [3.8, 4) is 0 Å². The lowest BCUT2D eigenvalue weighted by Gasteiger charge is -2.23. The maximum Gasteiger partial charge on any atom is 0.272 e.